The summed E-state index contributed by atoms with van der Waals surface area (Å²) in [5.41, 5.74) is 1.05. The van der Waals surface area contributed by atoms with Crippen LogP contribution in [-0.4, -0.2) is 55.1 Å². The molecule has 3 aliphatic rings. The highest BCUT2D eigenvalue weighted by molar-refractivity contribution is 5.46. The molecule has 126 valence electrons. The molecule has 6 heteroatoms. The van der Waals surface area contributed by atoms with Crippen molar-refractivity contribution in [1.29, 1.82) is 0 Å². The maximum atomic E-state index is 5.81. The van der Waals surface area contributed by atoms with E-state index in [1.165, 1.54) is 19.3 Å². The van der Waals surface area contributed by atoms with E-state index >= 15 is 0 Å². The fourth-order valence-corrected chi connectivity index (χ4v) is 3.80. The summed E-state index contributed by atoms with van der Waals surface area (Å²) < 4.78 is 11.6. The van der Waals surface area contributed by atoms with Gasteiger partial charge in [-0.3, -0.25) is 0 Å². The first-order valence-electron chi connectivity index (χ1n) is 8.88. The third kappa shape index (κ3) is 3.15. The topological polar surface area (TPSA) is 50.7 Å². The lowest BCUT2D eigenvalue weighted by Gasteiger charge is -2.38. The molecular weight excluding hydrogens is 292 g/mol. The second kappa shape index (κ2) is 6.24. The van der Waals surface area contributed by atoms with E-state index in [0.29, 0.717) is 0 Å². The Balaban J connectivity index is 1.49. The van der Waals surface area contributed by atoms with Gasteiger partial charge in [-0.25, -0.2) is 4.98 Å². The summed E-state index contributed by atoms with van der Waals surface area (Å²) in [4.78, 5) is 14.2. The zero-order chi connectivity index (χ0) is 15.7. The molecule has 1 spiro atoms. The Morgan fingerprint density at radius 3 is 2.30 bits per heavy atom. The van der Waals surface area contributed by atoms with Gasteiger partial charge in [-0.2, -0.15) is 4.98 Å². The van der Waals surface area contributed by atoms with Gasteiger partial charge in [-0.15, -0.1) is 0 Å². The van der Waals surface area contributed by atoms with Crippen LogP contribution in [0.4, 0.5) is 11.8 Å². The molecule has 1 aromatic heterocycles. The van der Waals surface area contributed by atoms with Crippen molar-refractivity contribution in [3.8, 4) is 0 Å². The molecule has 0 bridgehead atoms. The van der Waals surface area contributed by atoms with Gasteiger partial charge >= 0.3 is 0 Å². The standard InChI is InChI=1S/C17H26N4O2/c1-14-13-15(20-7-3-2-4-8-20)19-16(18-14)21-9-5-17(6-10-21)22-11-12-23-17/h13H,2-12H2,1H3. The Labute approximate surface area is 137 Å². The van der Waals surface area contributed by atoms with Crippen LogP contribution in [0.25, 0.3) is 0 Å². The maximum Gasteiger partial charge on any atom is 0.227 e. The van der Waals surface area contributed by atoms with Crippen LogP contribution in [-0.2, 0) is 9.47 Å². The monoisotopic (exact) mass is 318 g/mol. The summed E-state index contributed by atoms with van der Waals surface area (Å²) in [5, 5.41) is 0. The molecule has 3 fully saturated rings. The summed E-state index contributed by atoms with van der Waals surface area (Å²) in [6.45, 7) is 7.51. The number of anilines is 2. The molecule has 3 aliphatic heterocycles. The van der Waals surface area contributed by atoms with Crippen LogP contribution < -0.4 is 9.80 Å². The van der Waals surface area contributed by atoms with Gasteiger partial charge in [0.1, 0.15) is 5.82 Å². The van der Waals surface area contributed by atoms with E-state index in [9.17, 15) is 0 Å². The summed E-state index contributed by atoms with van der Waals surface area (Å²) >= 11 is 0. The van der Waals surface area contributed by atoms with Crippen molar-refractivity contribution in [3.05, 3.63) is 11.8 Å². The Morgan fingerprint density at radius 2 is 1.61 bits per heavy atom. The molecule has 0 radical (unpaired) electrons. The van der Waals surface area contributed by atoms with Crippen LogP contribution in [0.15, 0.2) is 6.07 Å². The smallest absolute Gasteiger partial charge is 0.227 e. The largest absolute Gasteiger partial charge is 0.356 e. The van der Waals surface area contributed by atoms with Gasteiger partial charge in [-0.05, 0) is 26.2 Å². The molecule has 4 heterocycles. The summed E-state index contributed by atoms with van der Waals surface area (Å²) in [6.07, 6.45) is 5.65. The number of rotatable bonds is 2. The molecular formula is C17H26N4O2. The van der Waals surface area contributed by atoms with Gasteiger partial charge in [0.05, 0.1) is 13.2 Å². The number of ether oxygens (including phenoxy) is 2. The number of aryl methyl sites for hydroxylation is 1. The molecule has 23 heavy (non-hydrogen) atoms. The Bertz CT molecular complexity index is 544. The number of piperidine rings is 2. The molecule has 0 aliphatic carbocycles. The average molecular weight is 318 g/mol. The first kappa shape index (κ1) is 15.1. The first-order chi connectivity index (χ1) is 11.2. The van der Waals surface area contributed by atoms with E-state index in [1.54, 1.807) is 0 Å². The van der Waals surface area contributed by atoms with E-state index in [1.807, 2.05) is 0 Å². The Kier molecular flexibility index (Phi) is 4.11. The number of hydrogen-bond acceptors (Lipinski definition) is 6. The van der Waals surface area contributed by atoms with E-state index in [4.69, 9.17) is 14.5 Å². The normalized spacial score (nSPS) is 24.4. The van der Waals surface area contributed by atoms with Gasteiger partial charge in [-0.1, -0.05) is 0 Å². The molecule has 0 unspecified atom stereocenters. The molecule has 0 N–H and O–H groups in total. The summed E-state index contributed by atoms with van der Waals surface area (Å²) in [6, 6.07) is 2.11. The summed E-state index contributed by atoms with van der Waals surface area (Å²) in [5.74, 6) is 1.61. The van der Waals surface area contributed by atoms with Crippen molar-refractivity contribution in [3.63, 3.8) is 0 Å². The Hall–Kier alpha value is -1.40. The SMILES string of the molecule is Cc1cc(N2CCCCC2)nc(N2CCC3(CC2)OCCO3)n1. The zero-order valence-corrected chi connectivity index (χ0v) is 14.0. The third-order valence-corrected chi connectivity index (χ3v) is 5.13. The minimum atomic E-state index is -0.337. The first-order valence-corrected chi connectivity index (χ1v) is 8.88. The minimum absolute atomic E-state index is 0.337. The van der Waals surface area contributed by atoms with Crippen molar-refractivity contribution in [1.82, 2.24) is 9.97 Å². The number of hydrogen-bond donors (Lipinski definition) is 0. The molecule has 0 amide bonds. The van der Waals surface area contributed by atoms with Gasteiger partial charge in [0.2, 0.25) is 5.95 Å². The van der Waals surface area contributed by atoms with E-state index in [0.717, 1.165) is 69.7 Å². The highest BCUT2D eigenvalue weighted by Crippen LogP contribution is 2.32. The third-order valence-electron chi connectivity index (χ3n) is 5.13. The lowest BCUT2D eigenvalue weighted by atomic mass is 10.0. The lowest BCUT2D eigenvalue weighted by Crippen LogP contribution is -2.45. The minimum Gasteiger partial charge on any atom is -0.356 e. The quantitative estimate of drug-likeness (QED) is 0.832. The van der Waals surface area contributed by atoms with Crippen molar-refractivity contribution >= 4 is 11.8 Å². The molecule has 6 nitrogen and oxygen atoms in total. The van der Waals surface area contributed by atoms with E-state index in [-0.39, 0.29) is 5.79 Å². The molecule has 4 rings (SSSR count). The second-order valence-corrected chi connectivity index (χ2v) is 6.81. The lowest BCUT2D eigenvalue weighted by molar-refractivity contribution is -0.169. The fraction of sp³-hybridized carbons (Fsp3) is 0.765. The van der Waals surface area contributed by atoms with Gasteiger partial charge in [0, 0.05) is 50.8 Å². The van der Waals surface area contributed by atoms with Crippen LogP contribution in [0.5, 0.6) is 0 Å². The predicted octanol–water partition coefficient (Wildman–Crippen LogP) is 2.12. The highest BCUT2D eigenvalue weighted by Gasteiger charge is 2.40. The van der Waals surface area contributed by atoms with Crippen molar-refractivity contribution in [2.45, 2.75) is 44.8 Å². The molecule has 3 saturated heterocycles. The van der Waals surface area contributed by atoms with E-state index < -0.39 is 0 Å². The molecule has 0 atom stereocenters. The van der Waals surface area contributed by atoms with Crippen molar-refractivity contribution in [2.24, 2.45) is 0 Å². The van der Waals surface area contributed by atoms with Crippen LogP contribution in [0.2, 0.25) is 0 Å². The average Bonchev–Trinajstić information content (AvgIpc) is 3.04. The number of aromatic nitrogens is 2. The Morgan fingerprint density at radius 1 is 0.913 bits per heavy atom. The summed E-state index contributed by atoms with van der Waals surface area (Å²) in [7, 11) is 0. The van der Waals surface area contributed by atoms with Crippen LogP contribution in [0.1, 0.15) is 37.8 Å². The van der Waals surface area contributed by atoms with Gasteiger partial charge in [0.15, 0.2) is 5.79 Å². The zero-order valence-electron chi connectivity index (χ0n) is 14.0. The van der Waals surface area contributed by atoms with E-state index in [2.05, 4.69) is 27.8 Å². The van der Waals surface area contributed by atoms with Crippen LogP contribution >= 0.6 is 0 Å². The number of nitrogens with zero attached hydrogens (tertiary/aromatic N) is 4. The molecule has 0 saturated carbocycles. The molecule has 1 aromatic rings. The van der Waals surface area contributed by atoms with Crippen LogP contribution in [0.3, 0.4) is 0 Å². The van der Waals surface area contributed by atoms with Gasteiger partial charge < -0.3 is 19.3 Å². The second-order valence-electron chi connectivity index (χ2n) is 6.81. The maximum absolute atomic E-state index is 5.81. The fourth-order valence-electron chi connectivity index (χ4n) is 3.80. The predicted molar refractivity (Wildman–Crippen MR) is 88.9 cm³/mol. The highest BCUT2D eigenvalue weighted by atomic mass is 16.7. The van der Waals surface area contributed by atoms with Crippen molar-refractivity contribution in [2.75, 3.05) is 49.2 Å². The van der Waals surface area contributed by atoms with Crippen molar-refractivity contribution < 1.29 is 9.47 Å². The molecule has 0 aromatic carbocycles. The van der Waals surface area contributed by atoms with Crippen LogP contribution in [0, 0.1) is 6.92 Å². The van der Waals surface area contributed by atoms with Gasteiger partial charge in [0.25, 0.3) is 0 Å².